The van der Waals surface area contributed by atoms with E-state index >= 15 is 0 Å². The number of aromatic nitrogens is 2. The van der Waals surface area contributed by atoms with Crippen LogP contribution >= 0.6 is 0 Å². The second-order valence-electron chi connectivity index (χ2n) is 5.77. The van der Waals surface area contributed by atoms with Crippen molar-refractivity contribution in [1.29, 1.82) is 0 Å². The van der Waals surface area contributed by atoms with Gasteiger partial charge in [0.05, 0.1) is 17.4 Å². The van der Waals surface area contributed by atoms with E-state index in [4.69, 9.17) is 0 Å². The number of carbonyl (C=O) groups excluding carboxylic acids is 1. The molecule has 0 atom stereocenters. The molecule has 26 heavy (non-hydrogen) atoms. The van der Waals surface area contributed by atoms with Crippen molar-refractivity contribution in [2.45, 2.75) is 13.5 Å². The summed E-state index contributed by atoms with van der Waals surface area (Å²) in [5, 5.41) is 0.511. The molecule has 0 saturated heterocycles. The van der Waals surface area contributed by atoms with E-state index in [1.165, 1.54) is 18.2 Å². The van der Waals surface area contributed by atoms with Crippen LogP contribution in [0.2, 0.25) is 0 Å². The van der Waals surface area contributed by atoms with E-state index in [9.17, 15) is 14.0 Å². The maximum absolute atomic E-state index is 13.2. The number of para-hydroxylation sites is 1. The monoisotopic (exact) mass is 351 g/mol. The molecule has 0 aliphatic carbocycles. The van der Waals surface area contributed by atoms with Crippen molar-refractivity contribution >= 4 is 22.9 Å². The van der Waals surface area contributed by atoms with Crippen molar-refractivity contribution in [3.05, 3.63) is 82.2 Å². The number of benzene rings is 2. The molecule has 0 spiro atoms. The summed E-state index contributed by atoms with van der Waals surface area (Å²) in [5.74, 6) is -0.180. The van der Waals surface area contributed by atoms with Crippen LogP contribution < -0.4 is 5.56 Å². The Morgan fingerprint density at radius 1 is 1.23 bits per heavy atom. The number of nitrogens with one attached hydrogen (secondary N) is 1. The van der Waals surface area contributed by atoms with Crippen LogP contribution in [0.15, 0.2) is 59.4 Å². The molecular weight excluding hydrogens is 333 g/mol. The molecule has 132 valence electrons. The molecule has 0 unspecified atom stereocenters. The van der Waals surface area contributed by atoms with Gasteiger partial charge in [-0.3, -0.25) is 9.59 Å². The van der Waals surface area contributed by atoms with E-state index in [0.717, 1.165) is 0 Å². The minimum absolute atomic E-state index is 0.183. The third-order valence-electron chi connectivity index (χ3n) is 3.96. The standard InChI is InChI=1S/C20H18FN3O2/c1-2-24(19(25)11-10-14-6-5-7-15(21)12-14)13-18-22-17-9-4-3-8-16(17)20(26)23-18/h3-12H,2,13H2,1H3,(H,22,23,26)/b11-10+. The summed E-state index contributed by atoms with van der Waals surface area (Å²) in [6.45, 7) is 2.47. The van der Waals surface area contributed by atoms with Crippen LogP contribution in [0, 0.1) is 5.82 Å². The largest absolute Gasteiger partial charge is 0.332 e. The average molecular weight is 351 g/mol. The van der Waals surface area contributed by atoms with Gasteiger partial charge in [-0.05, 0) is 42.8 Å². The van der Waals surface area contributed by atoms with Crippen LogP contribution in [-0.4, -0.2) is 27.3 Å². The maximum atomic E-state index is 13.2. The van der Waals surface area contributed by atoms with Crippen LogP contribution in [0.5, 0.6) is 0 Å². The molecule has 0 aliphatic heterocycles. The lowest BCUT2D eigenvalue weighted by Gasteiger charge is -2.18. The van der Waals surface area contributed by atoms with Gasteiger partial charge in [0.2, 0.25) is 5.91 Å². The first kappa shape index (κ1) is 17.5. The van der Waals surface area contributed by atoms with Gasteiger partial charge < -0.3 is 9.88 Å². The lowest BCUT2D eigenvalue weighted by Crippen LogP contribution is -2.30. The third-order valence-corrected chi connectivity index (χ3v) is 3.96. The molecule has 0 aliphatic rings. The Balaban J connectivity index is 1.78. The van der Waals surface area contributed by atoms with E-state index in [2.05, 4.69) is 9.97 Å². The molecule has 0 fully saturated rings. The van der Waals surface area contributed by atoms with Crippen LogP contribution in [0.4, 0.5) is 4.39 Å². The van der Waals surface area contributed by atoms with Gasteiger partial charge in [0.1, 0.15) is 11.6 Å². The van der Waals surface area contributed by atoms with E-state index < -0.39 is 0 Å². The number of hydrogen-bond donors (Lipinski definition) is 1. The van der Waals surface area contributed by atoms with Crippen molar-refractivity contribution in [2.24, 2.45) is 0 Å². The minimum atomic E-state index is -0.357. The minimum Gasteiger partial charge on any atom is -0.332 e. The Hall–Kier alpha value is -3.28. The molecule has 3 aromatic rings. The summed E-state index contributed by atoms with van der Waals surface area (Å²) in [6, 6.07) is 13.0. The quantitative estimate of drug-likeness (QED) is 0.718. The van der Waals surface area contributed by atoms with E-state index in [0.29, 0.717) is 28.8 Å². The van der Waals surface area contributed by atoms with Gasteiger partial charge in [-0.1, -0.05) is 24.3 Å². The predicted molar refractivity (Wildman–Crippen MR) is 98.9 cm³/mol. The number of halogens is 1. The molecule has 0 bridgehead atoms. The van der Waals surface area contributed by atoms with Gasteiger partial charge in [0.15, 0.2) is 0 Å². The topological polar surface area (TPSA) is 66.1 Å². The normalized spacial score (nSPS) is 11.2. The zero-order valence-corrected chi connectivity index (χ0v) is 14.3. The average Bonchev–Trinajstić information content (AvgIpc) is 2.64. The van der Waals surface area contributed by atoms with E-state index in [1.807, 2.05) is 13.0 Å². The van der Waals surface area contributed by atoms with Gasteiger partial charge in [0, 0.05) is 12.6 Å². The van der Waals surface area contributed by atoms with Gasteiger partial charge >= 0.3 is 0 Å². The highest BCUT2D eigenvalue weighted by molar-refractivity contribution is 5.91. The van der Waals surface area contributed by atoms with Gasteiger partial charge in [-0.2, -0.15) is 0 Å². The van der Waals surface area contributed by atoms with Crippen molar-refractivity contribution in [2.75, 3.05) is 6.54 Å². The Labute approximate surface area is 149 Å². The first-order chi connectivity index (χ1) is 12.6. The molecule has 0 saturated carbocycles. The summed E-state index contributed by atoms with van der Waals surface area (Å²) in [7, 11) is 0. The lowest BCUT2D eigenvalue weighted by molar-refractivity contribution is -0.126. The molecule has 3 rings (SSSR count). The SMILES string of the molecule is CCN(Cc1nc2ccccc2c(=O)[nH]1)C(=O)/C=C/c1cccc(F)c1. The van der Waals surface area contributed by atoms with E-state index in [1.54, 1.807) is 41.3 Å². The summed E-state index contributed by atoms with van der Waals surface area (Å²) >= 11 is 0. The Morgan fingerprint density at radius 3 is 2.81 bits per heavy atom. The fraction of sp³-hybridized carbons (Fsp3) is 0.150. The number of H-pyrrole nitrogens is 1. The van der Waals surface area contributed by atoms with Crippen molar-refractivity contribution in [3.8, 4) is 0 Å². The molecule has 1 N–H and O–H groups in total. The highest BCUT2D eigenvalue weighted by Crippen LogP contribution is 2.09. The highest BCUT2D eigenvalue weighted by Gasteiger charge is 2.12. The molecule has 1 aromatic heterocycles. The molecule has 1 amide bonds. The second kappa shape index (κ2) is 7.74. The van der Waals surface area contributed by atoms with Gasteiger partial charge in [-0.15, -0.1) is 0 Å². The van der Waals surface area contributed by atoms with Crippen LogP contribution in [-0.2, 0) is 11.3 Å². The molecule has 2 aromatic carbocycles. The number of aromatic amines is 1. The van der Waals surface area contributed by atoms with Crippen molar-refractivity contribution < 1.29 is 9.18 Å². The van der Waals surface area contributed by atoms with Crippen LogP contribution in [0.1, 0.15) is 18.3 Å². The number of nitrogens with zero attached hydrogens (tertiary/aromatic N) is 2. The first-order valence-corrected chi connectivity index (χ1v) is 8.27. The molecular formula is C20H18FN3O2. The van der Waals surface area contributed by atoms with E-state index in [-0.39, 0.29) is 23.8 Å². The number of likely N-dealkylation sites (N-methyl/N-ethyl adjacent to an activating group) is 1. The van der Waals surface area contributed by atoms with Crippen molar-refractivity contribution in [3.63, 3.8) is 0 Å². The first-order valence-electron chi connectivity index (χ1n) is 8.27. The fourth-order valence-electron chi connectivity index (χ4n) is 2.62. The highest BCUT2D eigenvalue weighted by atomic mass is 19.1. The Bertz CT molecular complexity index is 1030. The second-order valence-corrected chi connectivity index (χ2v) is 5.77. The number of amides is 1. The molecule has 6 heteroatoms. The fourth-order valence-corrected chi connectivity index (χ4v) is 2.62. The van der Waals surface area contributed by atoms with Crippen LogP contribution in [0.3, 0.4) is 0 Å². The smallest absolute Gasteiger partial charge is 0.258 e. The Morgan fingerprint density at radius 2 is 2.04 bits per heavy atom. The van der Waals surface area contributed by atoms with Gasteiger partial charge in [-0.25, -0.2) is 9.37 Å². The van der Waals surface area contributed by atoms with Crippen LogP contribution in [0.25, 0.3) is 17.0 Å². The maximum Gasteiger partial charge on any atom is 0.258 e. The summed E-state index contributed by atoms with van der Waals surface area (Å²) in [5.41, 5.74) is 0.959. The third kappa shape index (κ3) is 4.03. The molecule has 0 radical (unpaired) electrons. The number of hydrogen-bond acceptors (Lipinski definition) is 3. The molecule has 5 nitrogen and oxygen atoms in total. The molecule has 1 heterocycles. The van der Waals surface area contributed by atoms with Gasteiger partial charge in [0.25, 0.3) is 5.56 Å². The zero-order valence-electron chi connectivity index (χ0n) is 14.3. The summed E-state index contributed by atoms with van der Waals surface area (Å²) in [4.78, 5) is 33.2. The van der Waals surface area contributed by atoms with Crippen molar-refractivity contribution in [1.82, 2.24) is 14.9 Å². The summed E-state index contributed by atoms with van der Waals surface area (Å²) < 4.78 is 13.2. The number of carbonyl (C=O) groups is 1. The Kier molecular flexibility index (Phi) is 5.22. The zero-order chi connectivity index (χ0) is 18.5. The summed E-state index contributed by atoms with van der Waals surface area (Å²) in [6.07, 6.45) is 2.95. The predicted octanol–water partition coefficient (Wildman–Crippen LogP) is 3.12. The lowest BCUT2D eigenvalue weighted by atomic mass is 10.2. The number of fused-ring (bicyclic) bond motifs is 1. The number of rotatable bonds is 5.